The molecule has 1 aromatic rings. The van der Waals surface area contributed by atoms with Gasteiger partial charge in [-0.15, -0.1) is 0 Å². The molecule has 6 nitrogen and oxygen atoms in total. The van der Waals surface area contributed by atoms with Crippen molar-refractivity contribution < 1.29 is 14.3 Å². The second-order valence-corrected chi connectivity index (χ2v) is 6.21. The summed E-state index contributed by atoms with van der Waals surface area (Å²) in [6.07, 6.45) is 2.51. The van der Waals surface area contributed by atoms with Crippen LogP contribution in [0.2, 0.25) is 0 Å². The minimum absolute atomic E-state index is 0.117. The molecular weight excluding hydrogens is 306 g/mol. The molecule has 0 unspecified atom stereocenters. The topological polar surface area (TPSA) is 73.6 Å². The highest BCUT2D eigenvalue weighted by Crippen LogP contribution is 2.25. The summed E-state index contributed by atoms with van der Waals surface area (Å²) in [4.78, 5) is 28.2. The summed E-state index contributed by atoms with van der Waals surface area (Å²) < 4.78 is 5.36. The van der Waals surface area contributed by atoms with Gasteiger partial charge >= 0.3 is 6.09 Å². The summed E-state index contributed by atoms with van der Waals surface area (Å²) in [6, 6.07) is 10.8. The van der Waals surface area contributed by atoms with E-state index in [9.17, 15) is 9.59 Å². The first-order valence-corrected chi connectivity index (χ1v) is 8.38. The van der Waals surface area contributed by atoms with Gasteiger partial charge in [-0.25, -0.2) is 4.79 Å². The first kappa shape index (κ1) is 16.3. The molecule has 0 radical (unpaired) electrons. The monoisotopic (exact) mass is 327 g/mol. The predicted octanol–water partition coefficient (Wildman–Crippen LogP) is 2.30. The Labute approximate surface area is 141 Å². The maximum absolute atomic E-state index is 12.7. The SMILES string of the molecule is N#C[C@@H]1CCCN1C(=O)[C@H]1CCCN1C(=O)OCc1ccccc1. The molecule has 0 aliphatic carbocycles. The molecule has 126 valence electrons. The molecule has 6 heteroatoms. The Bertz CT molecular complexity index is 641. The Balaban J connectivity index is 1.61. The average molecular weight is 327 g/mol. The fraction of sp³-hybridized carbons (Fsp3) is 0.500. The lowest BCUT2D eigenvalue weighted by Gasteiger charge is -2.28. The fourth-order valence-electron chi connectivity index (χ4n) is 3.40. The van der Waals surface area contributed by atoms with Gasteiger partial charge in [0.1, 0.15) is 18.7 Å². The molecule has 2 saturated heterocycles. The van der Waals surface area contributed by atoms with Gasteiger partial charge in [-0.1, -0.05) is 30.3 Å². The number of rotatable bonds is 3. The van der Waals surface area contributed by atoms with Crippen LogP contribution < -0.4 is 0 Å². The van der Waals surface area contributed by atoms with Crippen molar-refractivity contribution in [1.82, 2.24) is 9.80 Å². The molecule has 2 atom stereocenters. The lowest BCUT2D eigenvalue weighted by Crippen LogP contribution is -2.49. The quantitative estimate of drug-likeness (QED) is 0.854. The van der Waals surface area contributed by atoms with Gasteiger partial charge in [0.2, 0.25) is 5.91 Å². The molecule has 0 aromatic heterocycles. The van der Waals surface area contributed by atoms with Crippen LogP contribution in [0.25, 0.3) is 0 Å². The van der Waals surface area contributed by atoms with Crippen LogP contribution in [0, 0.1) is 11.3 Å². The van der Waals surface area contributed by atoms with E-state index in [4.69, 9.17) is 10.00 Å². The highest BCUT2D eigenvalue weighted by molar-refractivity contribution is 5.87. The van der Waals surface area contributed by atoms with Crippen LogP contribution in [-0.4, -0.2) is 47.0 Å². The number of ether oxygens (including phenoxy) is 1. The Morgan fingerprint density at radius 2 is 1.83 bits per heavy atom. The van der Waals surface area contributed by atoms with Crippen molar-refractivity contribution in [3.05, 3.63) is 35.9 Å². The largest absolute Gasteiger partial charge is 0.445 e. The first-order valence-electron chi connectivity index (χ1n) is 8.38. The smallest absolute Gasteiger partial charge is 0.410 e. The summed E-state index contributed by atoms with van der Waals surface area (Å²) in [7, 11) is 0. The molecular formula is C18H21N3O3. The van der Waals surface area contributed by atoms with Crippen molar-refractivity contribution in [1.29, 1.82) is 5.26 Å². The highest BCUT2D eigenvalue weighted by atomic mass is 16.6. The maximum atomic E-state index is 12.7. The van der Waals surface area contributed by atoms with Crippen LogP contribution in [0.1, 0.15) is 31.2 Å². The normalized spacial score (nSPS) is 23.1. The van der Waals surface area contributed by atoms with Gasteiger partial charge in [0.25, 0.3) is 0 Å². The van der Waals surface area contributed by atoms with E-state index in [1.165, 1.54) is 4.90 Å². The van der Waals surface area contributed by atoms with Crippen molar-refractivity contribution in [2.24, 2.45) is 0 Å². The van der Waals surface area contributed by atoms with Gasteiger partial charge in [0, 0.05) is 13.1 Å². The average Bonchev–Trinajstić information content (AvgIpc) is 3.28. The highest BCUT2D eigenvalue weighted by Gasteiger charge is 2.40. The molecule has 2 heterocycles. The van der Waals surface area contributed by atoms with Crippen molar-refractivity contribution in [2.45, 2.75) is 44.4 Å². The lowest BCUT2D eigenvalue weighted by atomic mass is 10.1. The molecule has 2 amide bonds. The van der Waals surface area contributed by atoms with Crippen molar-refractivity contribution in [3.63, 3.8) is 0 Å². The third-order valence-electron chi connectivity index (χ3n) is 4.66. The summed E-state index contributed by atoms with van der Waals surface area (Å²) in [5, 5.41) is 9.16. The zero-order chi connectivity index (χ0) is 16.9. The summed E-state index contributed by atoms with van der Waals surface area (Å²) in [5.74, 6) is -0.117. The van der Waals surface area contributed by atoms with Crippen LogP contribution in [-0.2, 0) is 16.1 Å². The third kappa shape index (κ3) is 3.35. The standard InChI is InChI=1S/C18H21N3O3/c19-12-15-8-4-10-20(15)17(22)16-9-5-11-21(16)18(23)24-13-14-6-2-1-3-7-14/h1-3,6-7,15-16H,4-5,8-11,13H2/t15-,16+/m0/s1. The molecule has 24 heavy (non-hydrogen) atoms. The number of benzene rings is 1. The summed E-state index contributed by atoms with van der Waals surface area (Å²) in [6.45, 7) is 1.32. The zero-order valence-electron chi connectivity index (χ0n) is 13.6. The number of likely N-dealkylation sites (tertiary alicyclic amines) is 2. The molecule has 2 fully saturated rings. The van der Waals surface area contributed by atoms with Gasteiger partial charge in [-0.3, -0.25) is 9.69 Å². The number of nitriles is 1. The van der Waals surface area contributed by atoms with Gasteiger partial charge in [-0.2, -0.15) is 5.26 Å². The predicted molar refractivity (Wildman–Crippen MR) is 86.7 cm³/mol. The van der Waals surface area contributed by atoms with Gasteiger partial charge in [0.05, 0.1) is 6.07 Å². The Morgan fingerprint density at radius 3 is 2.58 bits per heavy atom. The van der Waals surface area contributed by atoms with E-state index < -0.39 is 12.1 Å². The lowest BCUT2D eigenvalue weighted by molar-refractivity contribution is -0.135. The van der Waals surface area contributed by atoms with E-state index in [0.29, 0.717) is 25.9 Å². The number of amides is 2. The van der Waals surface area contributed by atoms with E-state index in [1.807, 2.05) is 30.3 Å². The number of carbonyl (C=O) groups is 2. The van der Waals surface area contributed by atoms with E-state index in [1.54, 1.807) is 4.90 Å². The number of hydrogen-bond acceptors (Lipinski definition) is 4. The van der Waals surface area contributed by atoms with Crippen molar-refractivity contribution in [3.8, 4) is 6.07 Å². The van der Waals surface area contributed by atoms with E-state index in [0.717, 1.165) is 18.4 Å². The first-order chi connectivity index (χ1) is 11.7. The van der Waals surface area contributed by atoms with Gasteiger partial charge in [-0.05, 0) is 31.2 Å². The molecule has 0 spiro atoms. The van der Waals surface area contributed by atoms with E-state index >= 15 is 0 Å². The Morgan fingerprint density at radius 1 is 1.12 bits per heavy atom. The number of hydrogen-bond donors (Lipinski definition) is 0. The molecule has 1 aromatic carbocycles. The van der Waals surface area contributed by atoms with E-state index in [2.05, 4.69) is 6.07 Å². The molecule has 3 rings (SSSR count). The van der Waals surface area contributed by atoms with Crippen molar-refractivity contribution >= 4 is 12.0 Å². The van der Waals surface area contributed by atoms with Crippen LogP contribution in [0.5, 0.6) is 0 Å². The minimum Gasteiger partial charge on any atom is -0.445 e. The van der Waals surface area contributed by atoms with Crippen LogP contribution in [0.3, 0.4) is 0 Å². The molecule has 0 bridgehead atoms. The summed E-state index contributed by atoms with van der Waals surface area (Å²) >= 11 is 0. The van der Waals surface area contributed by atoms with Crippen LogP contribution >= 0.6 is 0 Å². The Kier molecular flexibility index (Phi) is 4.99. The van der Waals surface area contributed by atoms with Crippen LogP contribution in [0.15, 0.2) is 30.3 Å². The number of nitrogens with zero attached hydrogens (tertiary/aromatic N) is 3. The Hall–Kier alpha value is -2.55. The van der Waals surface area contributed by atoms with Gasteiger partial charge in [0.15, 0.2) is 0 Å². The molecule has 0 N–H and O–H groups in total. The van der Waals surface area contributed by atoms with E-state index in [-0.39, 0.29) is 18.6 Å². The minimum atomic E-state index is -0.498. The van der Waals surface area contributed by atoms with Gasteiger partial charge < -0.3 is 9.64 Å². The van der Waals surface area contributed by atoms with Crippen LogP contribution in [0.4, 0.5) is 4.79 Å². The third-order valence-corrected chi connectivity index (χ3v) is 4.66. The fourth-order valence-corrected chi connectivity index (χ4v) is 3.40. The molecule has 2 aliphatic heterocycles. The second-order valence-electron chi connectivity index (χ2n) is 6.21. The molecule has 0 saturated carbocycles. The van der Waals surface area contributed by atoms with Crippen molar-refractivity contribution in [2.75, 3.05) is 13.1 Å². The second kappa shape index (κ2) is 7.35. The summed E-state index contributed by atoms with van der Waals surface area (Å²) in [5.41, 5.74) is 0.914. The molecule has 2 aliphatic rings. The maximum Gasteiger partial charge on any atom is 0.410 e. The number of carbonyl (C=O) groups excluding carboxylic acids is 2. The zero-order valence-corrected chi connectivity index (χ0v) is 13.6.